The van der Waals surface area contributed by atoms with Crippen molar-refractivity contribution in [2.45, 2.75) is 18.9 Å². The van der Waals surface area contributed by atoms with Crippen LogP contribution in [0.25, 0.3) is 27.7 Å². The highest BCUT2D eigenvalue weighted by atomic mass is 16.5. The first-order valence-corrected chi connectivity index (χ1v) is 11.1. The Labute approximate surface area is 194 Å². The minimum Gasteiger partial charge on any atom is -0.381 e. The summed E-state index contributed by atoms with van der Waals surface area (Å²) in [6.45, 7) is 1.35. The predicted molar refractivity (Wildman–Crippen MR) is 127 cm³/mol. The zero-order valence-electron chi connectivity index (χ0n) is 18.2. The molecule has 10 heteroatoms. The molecule has 0 unspecified atom stereocenters. The summed E-state index contributed by atoms with van der Waals surface area (Å²) >= 11 is 0. The van der Waals surface area contributed by atoms with Crippen molar-refractivity contribution in [1.82, 2.24) is 34.9 Å². The lowest BCUT2D eigenvalue weighted by atomic mass is 10.1. The number of rotatable bonds is 5. The second-order valence-electron chi connectivity index (χ2n) is 8.18. The number of hydrogen-bond acceptors (Lipinski definition) is 7. The van der Waals surface area contributed by atoms with Crippen molar-refractivity contribution >= 4 is 34.1 Å². The lowest BCUT2D eigenvalue weighted by molar-refractivity contribution is 0.0697. The van der Waals surface area contributed by atoms with Gasteiger partial charge in [-0.1, -0.05) is 0 Å². The summed E-state index contributed by atoms with van der Waals surface area (Å²) in [5.74, 6) is 0.374. The van der Waals surface area contributed by atoms with Gasteiger partial charge in [0, 0.05) is 66.9 Å². The van der Waals surface area contributed by atoms with Crippen LogP contribution >= 0.6 is 0 Å². The molecule has 0 atom stereocenters. The predicted octanol–water partition coefficient (Wildman–Crippen LogP) is 3.32. The molecule has 0 bridgehead atoms. The zero-order chi connectivity index (χ0) is 22.9. The number of aromatic amines is 1. The van der Waals surface area contributed by atoms with E-state index in [4.69, 9.17) is 4.74 Å². The van der Waals surface area contributed by atoms with Crippen LogP contribution < -0.4 is 10.6 Å². The van der Waals surface area contributed by atoms with Gasteiger partial charge in [-0.2, -0.15) is 10.1 Å². The van der Waals surface area contributed by atoms with E-state index in [1.54, 1.807) is 29.3 Å². The second-order valence-corrected chi connectivity index (χ2v) is 8.18. The third-order valence-corrected chi connectivity index (χ3v) is 6.00. The average molecular weight is 454 g/mol. The van der Waals surface area contributed by atoms with E-state index < -0.39 is 0 Å². The Bertz CT molecular complexity index is 1470. The minimum atomic E-state index is -0.117. The molecule has 1 saturated heterocycles. The lowest BCUT2D eigenvalue weighted by Gasteiger charge is -2.22. The molecule has 5 aromatic heterocycles. The highest BCUT2D eigenvalue weighted by molar-refractivity contribution is 6.02. The first kappa shape index (κ1) is 20.3. The second kappa shape index (κ2) is 8.56. The van der Waals surface area contributed by atoms with Crippen LogP contribution in [0.5, 0.6) is 0 Å². The van der Waals surface area contributed by atoms with Crippen LogP contribution in [0.4, 0.5) is 11.6 Å². The van der Waals surface area contributed by atoms with Crippen LogP contribution in [0.15, 0.2) is 61.4 Å². The molecule has 170 valence electrons. The molecule has 10 nitrogen and oxygen atoms in total. The smallest absolute Gasteiger partial charge is 0.255 e. The Kier molecular flexibility index (Phi) is 5.11. The minimum absolute atomic E-state index is 0.117. The molecule has 0 radical (unpaired) electrons. The van der Waals surface area contributed by atoms with Gasteiger partial charge in [-0.25, -0.2) is 9.50 Å². The van der Waals surface area contributed by atoms with Crippen molar-refractivity contribution in [2.75, 3.05) is 18.5 Å². The quantitative estimate of drug-likeness (QED) is 0.372. The Hall–Kier alpha value is -4.31. The standard InChI is InChI=1S/C24H22N8O2/c33-23(29-17-4-9-34-10-5-17)20-14-28-32-8-3-15(11-21(20)32)18-12-26-22-19(18)13-27-24(31-22)30-16-1-6-25-7-2-16/h1-3,6-8,11-14,17H,4-5,9-10H2,(H,29,33)(H2,25,26,27,30,31). The van der Waals surface area contributed by atoms with Gasteiger partial charge in [0.2, 0.25) is 5.95 Å². The first-order valence-electron chi connectivity index (χ1n) is 11.1. The van der Waals surface area contributed by atoms with Crippen LogP contribution in [0.3, 0.4) is 0 Å². The number of pyridine rings is 2. The summed E-state index contributed by atoms with van der Waals surface area (Å²) in [4.78, 5) is 29.2. The Balaban J connectivity index is 1.30. The maximum Gasteiger partial charge on any atom is 0.255 e. The third kappa shape index (κ3) is 3.84. The summed E-state index contributed by atoms with van der Waals surface area (Å²) in [7, 11) is 0. The van der Waals surface area contributed by atoms with E-state index in [-0.39, 0.29) is 11.9 Å². The number of hydrogen-bond donors (Lipinski definition) is 3. The number of amides is 1. The number of nitrogens with one attached hydrogen (secondary N) is 3. The van der Waals surface area contributed by atoms with Gasteiger partial charge in [0.15, 0.2) is 0 Å². The van der Waals surface area contributed by atoms with Crippen LogP contribution in [0, 0.1) is 0 Å². The first-order chi connectivity index (χ1) is 16.7. The molecule has 1 amide bonds. The Morgan fingerprint density at radius 2 is 2.00 bits per heavy atom. The Morgan fingerprint density at radius 1 is 1.15 bits per heavy atom. The Morgan fingerprint density at radius 3 is 2.85 bits per heavy atom. The fourth-order valence-corrected chi connectivity index (χ4v) is 4.20. The number of H-pyrrole nitrogens is 1. The van der Waals surface area contributed by atoms with E-state index in [9.17, 15) is 4.79 Å². The summed E-state index contributed by atoms with van der Waals surface area (Å²) in [5, 5.41) is 11.5. The molecule has 6 heterocycles. The molecule has 5 aromatic rings. The van der Waals surface area contributed by atoms with Crippen LogP contribution in [0.1, 0.15) is 23.2 Å². The molecular weight excluding hydrogens is 432 g/mol. The monoisotopic (exact) mass is 454 g/mol. The molecule has 0 aromatic carbocycles. The summed E-state index contributed by atoms with van der Waals surface area (Å²) in [6.07, 6.45) is 12.2. The van der Waals surface area contributed by atoms with Crippen molar-refractivity contribution in [1.29, 1.82) is 0 Å². The van der Waals surface area contributed by atoms with Gasteiger partial charge < -0.3 is 20.4 Å². The molecule has 0 aliphatic carbocycles. The number of aromatic nitrogens is 6. The lowest BCUT2D eigenvalue weighted by Crippen LogP contribution is -2.38. The zero-order valence-corrected chi connectivity index (χ0v) is 18.2. The highest BCUT2D eigenvalue weighted by Crippen LogP contribution is 2.29. The fraction of sp³-hybridized carbons (Fsp3) is 0.208. The van der Waals surface area contributed by atoms with Gasteiger partial charge in [-0.05, 0) is 42.7 Å². The molecule has 3 N–H and O–H groups in total. The van der Waals surface area contributed by atoms with Crippen molar-refractivity contribution in [2.24, 2.45) is 0 Å². The van der Waals surface area contributed by atoms with Crippen molar-refractivity contribution in [3.05, 3.63) is 67.0 Å². The van der Waals surface area contributed by atoms with Gasteiger partial charge >= 0.3 is 0 Å². The van der Waals surface area contributed by atoms with Crippen LogP contribution in [-0.4, -0.2) is 54.7 Å². The number of ether oxygens (including phenoxy) is 1. The molecule has 1 aliphatic heterocycles. The molecule has 6 rings (SSSR count). The molecule has 0 saturated carbocycles. The number of carbonyl (C=O) groups is 1. The summed E-state index contributed by atoms with van der Waals surface area (Å²) in [6, 6.07) is 7.76. The van der Waals surface area contributed by atoms with Gasteiger partial charge in [0.1, 0.15) is 5.65 Å². The number of carbonyl (C=O) groups excluding carboxylic acids is 1. The number of fused-ring (bicyclic) bond motifs is 2. The largest absolute Gasteiger partial charge is 0.381 e. The number of anilines is 2. The molecule has 34 heavy (non-hydrogen) atoms. The van der Waals surface area contributed by atoms with Crippen LogP contribution in [0.2, 0.25) is 0 Å². The SMILES string of the molecule is O=C(NC1CCOCC1)c1cnn2ccc(-c3c[nH]c4nc(Nc5ccncc5)ncc34)cc12. The molecule has 0 spiro atoms. The van der Waals surface area contributed by atoms with Gasteiger partial charge in [0.25, 0.3) is 5.91 Å². The molecule has 1 aliphatic rings. The van der Waals surface area contributed by atoms with Gasteiger partial charge in [-0.15, -0.1) is 0 Å². The van der Waals surface area contributed by atoms with Gasteiger partial charge in [0.05, 0.1) is 17.3 Å². The van der Waals surface area contributed by atoms with E-state index in [0.29, 0.717) is 30.4 Å². The maximum atomic E-state index is 12.9. The highest BCUT2D eigenvalue weighted by Gasteiger charge is 2.20. The van der Waals surface area contributed by atoms with Crippen LogP contribution in [-0.2, 0) is 4.74 Å². The van der Waals surface area contributed by atoms with E-state index in [1.165, 1.54) is 0 Å². The summed E-state index contributed by atoms with van der Waals surface area (Å²) in [5.41, 5.74) is 4.76. The number of nitrogens with zero attached hydrogens (tertiary/aromatic N) is 5. The van der Waals surface area contributed by atoms with E-state index in [2.05, 4.69) is 35.7 Å². The van der Waals surface area contributed by atoms with E-state index in [1.807, 2.05) is 36.7 Å². The van der Waals surface area contributed by atoms with Crippen molar-refractivity contribution in [3.63, 3.8) is 0 Å². The van der Waals surface area contributed by atoms with E-state index in [0.717, 1.165) is 40.6 Å². The summed E-state index contributed by atoms with van der Waals surface area (Å²) < 4.78 is 7.10. The van der Waals surface area contributed by atoms with E-state index >= 15 is 0 Å². The average Bonchev–Trinajstić information content (AvgIpc) is 3.49. The third-order valence-electron chi connectivity index (χ3n) is 6.00. The maximum absolute atomic E-state index is 12.9. The molecular formula is C24H22N8O2. The topological polar surface area (TPSA) is 122 Å². The normalized spacial score (nSPS) is 14.5. The van der Waals surface area contributed by atoms with Gasteiger partial charge in [-0.3, -0.25) is 9.78 Å². The molecule has 1 fully saturated rings. The fourth-order valence-electron chi connectivity index (χ4n) is 4.20. The van der Waals surface area contributed by atoms with Crippen molar-refractivity contribution < 1.29 is 9.53 Å². The van der Waals surface area contributed by atoms with Crippen molar-refractivity contribution in [3.8, 4) is 11.1 Å².